The van der Waals surface area contributed by atoms with E-state index in [2.05, 4.69) is 9.97 Å². The number of para-hydroxylation sites is 2. The lowest BCUT2D eigenvalue weighted by Crippen LogP contribution is -1.93. The molecule has 0 atom stereocenters. The maximum absolute atomic E-state index is 10.4. The molecule has 0 aliphatic carbocycles. The molecule has 0 radical (unpaired) electrons. The van der Waals surface area contributed by atoms with Gasteiger partial charge in [0.05, 0.1) is 16.1 Å². The number of hydrogen-bond donors (Lipinski definition) is 2. The molecule has 1 aromatic heterocycles. The van der Waals surface area contributed by atoms with Gasteiger partial charge in [-0.25, -0.2) is 4.98 Å². The molecule has 2 N–H and O–H groups in total. The molecule has 0 amide bonds. The van der Waals surface area contributed by atoms with Gasteiger partial charge in [-0.15, -0.1) is 0 Å². The van der Waals surface area contributed by atoms with Crippen molar-refractivity contribution in [3.63, 3.8) is 0 Å². The smallest absolute Gasteiger partial charge is 0.153 e. The molecule has 0 aliphatic heterocycles. The van der Waals surface area contributed by atoms with Crippen molar-refractivity contribution in [2.24, 2.45) is 0 Å². The molecular weight excluding hydrogens is 286 g/mol. The molecule has 4 nitrogen and oxygen atoms in total. The Kier molecular flexibility index (Phi) is 3.35. The first-order chi connectivity index (χ1) is 10.2. The summed E-state index contributed by atoms with van der Waals surface area (Å²) in [6, 6.07) is 16.2. The Morgan fingerprint density at radius 3 is 2.57 bits per heavy atom. The summed E-state index contributed by atoms with van der Waals surface area (Å²) in [5.74, 6) is 0.123. The number of imidazole rings is 1. The predicted octanol–water partition coefficient (Wildman–Crippen LogP) is 4.17. The van der Waals surface area contributed by atoms with E-state index in [4.69, 9.17) is 11.6 Å². The summed E-state index contributed by atoms with van der Waals surface area (Å²) in [4.78, 5) is 7.34. The zero-order chi connectivity index (χ0) is 14.8. The van der Waals surface area contributed by atoms with Crippen LogP contribution >= 0.6 is 11.6 Å². The van der Waals surface area contributed by atoms with E-state index in [1.807, 2.05) is 30.3 Å². The summed E-state index contributed by atoms with van der Waals surface area (Å²) in [5, 5.41) is 20.1. The van der Waals surface area contributed by atoms with E-state index in [0.717, 1.165) is 11.0 Å². The SMILES string of the molecule is N#C/C(=C(/O)c1ccccc1Cl)c1nc2ccccc2[nH]1. The lowest BCUT2D eigenvalue weighted by molar-refractivity contribution is 0.514. The minimum Gasteiger partial charge on any atom is -0.506 e. The van der Waals surface area contributed by atoms with Crippen LogP contribution in [-0.4, -0.2) is 15.1 Å². The van der Waals surface area contributed by atoms with Crippen LogP contribution in [0, 0.1) is 11.3 Å². The number of H-pyrrole nitrogens is 1. The molecule has 0 unspecified atom stereocenters. The fourth-order valence-corrected chi connectivity index (χ4v) is 2.30. The molecule has 0 aliphatic rings. The van der Waals surface area contributed by atoms with Gasteiger partial charge in [-0.1, -0.05) is 35.9 Å². The van der Waals surface area contributed by atoms with Gasteiger partial charge >= 0.3 is 0 Å². The molecule has 2 aromatic carbocycles. The average molecular weight is 296 g/mol. The molecule has 5 heteroatoms. The van der Waals surface area contributed by atoms with Gasteiger partial charge in [-0.3, -0.25) is 0 Å². The Hall–Kier alpha value is -2.77. The van der Waals surface area contributed by atoms with Gasteiger partial charge in [0.2, 0.25) is 0 Å². The number of aromatic nitrogens is 2. The van der Waals surface area contributed by atoms with Gasteiger partial charge in [-0.05, 0) is 24.3 Å². The van der Waals surface area contributed by atoms with Crippen molar-refractivity contribution in [1.29, 1.82) is 5.26 Å². The third-order valence-electron chi connectivity index (χ3n) is 3.10. The van der Waals surface area contributed by atoms with Crippen LogP contribution in [0.2, 0.25) is 5.02 Å². The van der Waals surface area contributed by atoms with Crippen LogP contribution in [-0.2, 0) is 0 Å². The van der Waals surface area contributed by atoms with Crippen molar-refractivity contribution in [1.82, 2.24) is 9.97 Å². The molecule has 0 bridgehead atoms. The lowest BCUT2D eigenvalue weighted by Gasteiger charge is -2.04. The summed E-state index contributed by atoms with van der Waals surface area (Å²) < 4.78 is 0. The predicted molar refractivity (Wildman–Crippen MR) is 82.6 cm³/mol. The largest absolute Gasteiger partial charge is 0.506 e. The molecule has 0 saturated carbocycles. The number of rotatable bonds is 2. The van der Waals surface area contributed by atoms with E-state index in [1.54, 1.807) is 24.3 Å². The van der Waals surface area contributed by atoms with Gasteiger partial charge in [-0.2, -0.15) is 5.26 Å². The fourth-order valence-electron chi connectivity index (χ4n) is 2.08. The van der Waals surface area contributed by atoms with E-state index in [1.165, 1.54) is 0 Å². The number of nitrogens with zero attached hydrogens (tertiary/aromatic N) is 2. The second-order valence-corrected chi connectivity index (χ2v) is 4.83. The minimum atomic E-state index is -0.192. The number of aliphatic hydroxyl groups is 1. The Morgan fingerprint density at radius 1 is 1.14 bits per heavy atom. The van der Waals surface area contributed by atoms with Crippen molar-refractivity contribution in [3.8, 4) is 6.07 Å². The van der Waals surface area contributed by atoms with Crippen LogP contribution < -0.4 is 0 Å². The number of benzene rings is 2. The molecule has 0 fully saturated rings. The molecule has 1 heterocycles. The van der Waals surface area contributed by atoms with Crippen LogP contribution in [0.3, 0.4) is 0 Å². The van der Waals surface area contributed by atoms with Gasteiger partial charge in [0.1, 0.15) is 17.4 Å². The number of halogens is 1. The first-order valence-electron chi connectivity index (χ1n) is 6.24. The second-order valence-electron chi connectivity index (χ2n) is 4.42. The summed E-state index contributed by atoms with van der Waals surface area (Å²) in [7, 11) is 0. The normalized spacial score (nSPS) is 12.0. The van der Waals surface area contributed by atoms with Crippen molar-refractivity contribution in [3.05, 3.63) is 64.9 Å². The Balaban J connectivity index is 2.19. The van der Waals surface area contributed by atoms with Crippen LogP contribution in [0.15, 0.2) is 48.5 Å². The van der Waals surface area contributed by atoms with E-state index in [0.29, 0.717) is 16.4 Å². The highest BCUT2D eigenvalue weighted by Crippen LogP contribution is 2.28. The summed E-state index contributed by atoms with van der Waals surface area (Å²) >= 11 is 6.05. The Bertz CT molecular complexity index is 857. The molecule has 3 aromatic rings. The number of allylic oxidation sites excluding steroid dienone is 1. The topological polar surface area (TPSA) is 72.7 Å². The molecule has 3 rings (SSSR count). The fraction of sp³-hybridized carbons (Fsp3) is 0. The van der Waals surface area contributed by atoms with E-state index >= 15 is 0 Å². The summed E-state index contributed by atoms with van der Waals surface area (Å²) in [6.45, 7) is 0. The number of hydrogen-bond acceptors (Lipinski definition) is 3. The average Bonchev–Trinajstić information content (AvgIpc) is 2.91. The Morgan fingerprint density at radius 2 is 1.86 bits per heavy atom. The van der Waals surface area contributed by atoms with Gasteiger partial charge in [0, 0.05) is 5.56 Å². The van der Waals surface area contributed by atoms with Gasteiger partial charge in [0.15, 0.2) is 5.82 Å². The summed E-state index contributed by atoms with van der Waals surface area (Å²) in [5.41, 5.74) is 1.98. The molecule has 102 valence electrons. The minimum absolute atomic E-state index is 0.0549. The van der Waals surface area contributed by atoms with Crippen LogP contribution in [0.25, 0.3) is 22.4 Å². The first-order valence-corrected chi connectivity index (χ1v) is 6.62. The highest BCUT2D eigenvalue weighted by atomic mass is 35.5. The molecule has 21 heavy (non-hydrogen) atoms. The van der Waals surface area contributed by atoms with Gasteiger partial charge in [0.25, 0.3) is 0 Å². The maximum atomic E-state index is 10.4. The second kappa shape index (κ2) is 5.31. The number of aliphatic hydroxyl groups excluding tert-OH is 1. The molecule has 0 saturated heterocycles. The van der Waals surface area contributed by atoms with Crippen molar-refractivity contribution < 1.29 is 5.11 Å². The van der Waals surface area contributed by atoms with E-state index in [-0.39, 0.29) is 11.3 Å². The number of nitriles is 1. The van der Waals surface area contributed by atoms with E-state index in [9.17, 15) is 10.4 Å². The Labute approximate surface area is 125 Å². The number of fused-ring (bicyclic) bond motifs is 1. The molecule has 0 spiro atoms. The summed E-state index contributed by atoms with van der Waals surface area (Å²) in [6.07, 6.45) is 0. The highest BCUT2D eigenvalue weighted by molar-refractivity contribution is 6.32. The van der Waals surface area contributed by atoms with Crippen LogP contribution in [0.4, 0.5) is 0 Å². The lowest BCUT2D eigenvalue weighted by atomic mass is 10.1. The standard InChI is InChI=1S/C16H10ClN3O/c17-12-6-2-1-5-10(12)15(21)11(9-18)16-19-13-7-3-4-8-14(13)20-16/h1-8,21H,(H,19,20)/b15-11-. The maximum Gasteiger partial charge on any atom is 0.153 e. The monoisotopic (exact) mass is 295 g/mol. The van der Waals surface area contributed by atoms with Crippen molar-refractivity contribution in [2.75, 3.05) is 0 Å². The van der Waals surface area contributed by atoms with Crippen LogP contribution in [0.1, 0.15) is 11.4 Å². The number of nitrogens with one attached hydrogen (secondary N) is 1. The van der Waals surface area contributed by atoms with Gasteiger partial charge < -0.3 is 10.1 Å². The number of aromatic amines is 1. The first kappa shape index (κ1) is 13.2. The third kappa shape index (κ3) is 2.35. The zero-order valence-electron chi connectivity index (χ0n) is 10.8. The van der Waals surface area contributed by atoms with Crippen molar-refractivity contribution in [2.45, 2.75) is 0 Å². The van der Waals surface area contributed by atoms with Crippen LogP contribution in [0.5, 0.6) is 0 Å². The van der Waals surface area contributed by atoms with E-state index < -0.39 is 0 Å². The highest BCUT2D eigenvalue weighted by Gasteiger charge is 2.16. The quantitative estimate of drug-likeness (QED) is 0.550. The third-order valence-corrected chi connectivity index (χ3v) is 3.43. The molecular formula is C16H10ClN3O. The zero-order valence-corrected chi connectivity index (χ0v) is 11.6. The van der Waals surface area contributed by atoms with Crippen molar-refractivity contribution >= 4 is 34.0 Å².